The largest absolute Gasteiger partial charge is 0.503 e. The van der Waals surface area contributed by atoms with Gasteiger partial charge in [-0.3, -0.25) is 9.59 Å². The lowest BCUT2D eigenvalue weighted by atomic mass is 10.1. The number of phenolic OH excluding ortho intramolecular Hbond substituents is 1. The van der Waals surface area contributed by atoms with Crippen LogP contribution in [0.2, 0.25) is 0 Å². The average molecular weight is 307 g/mol. The van der Waals surface area contributed by atoms with Gasteiger partial charge in [0, 0.05) is 13.7 Å². The molecule has 0 heterocycles. The molecule has 21 heavy (non-hydrogen) atoms. The monoisotopic (exact) mass is 307 g/mol. The van der Waals surface area contributed by atoms with E-state index in [0.717, 1.165) is 0 Å². The van der Waals surface area contributed by atoms with E-state index < -0.39 is 47.2 Å². The summed E-state index contributed by atoms with van der Waals surface area (Å²) in [7, 11) is 1.30. The van der Waals surface area contributed by atoms with E-state index in [-0.39, 0.29) is 19.2 Å². The fourth-order valence-electron chi connectivity index (χ4n) is 1.53. The van der Waals surface area contributed by atoms with Crippen molar-refractivity contribution in [2.24, 2.45) is 0 Å². The van der Waals surface area contributed by atoms with Crippen molar-refractivity contribution in [3.8, 4) is 5.75 Å². The van der Waals surface area contributed by atoms with Crippen LogP contribution in [0.5, 0.6) is 5.75 Å². The first-order chi connectivity index (χ1) is 9.79. The van der Waals surface area contributed by atoms with Crippen LogP contribution < -0.4 is 0 Å². The molecule has 0 radical (unpaired) electrons. The average Bonchev–Trinajstić information content (AvgIpc) is 2.44. The van der Waals surface area contributed by atoms with Gasteiger partial charge in [0.1, 0.15) is 6.54 Å². The zero-order valence-corrected chi connectivity index (χ0v) is 10.9. The number of halogens is 3. The van der Waals surface area contributed by atoms with Crippen LogP contribution in [0.1, 0.15) is 10.4 Å². The molecule has 0 unspecified atom stereocenters. The molecule has 116 valence electrons. The number of rotatable bonds is 6. The number of phenols is 1. The van der Waals surface area contributed by atoms with Gasteiger partial charge in [-0.2, -0.15) is 4.39 Å². The molecule has 6 nitrogen and oxygen atoms in total. The van der Waals surface area contributed by atoms with Crippen LogP contribution in [0, 0.1) is 17.5 Å². The number of aliphatic carboxylic acids is 1. The molecule has 2 N–H and O–H groups in total. The Hall–Kier alpha value is -2.29. The van der Waals surface area contributed by atoms with Gasteiger partial charge in [0.05, 0.1) is 12.2 Å². The first kappa shape index (κ1) is 16.8. The summed E-state index contributed by atoms with van der Waals surface area (Å²) in [6, 6.07) is 0.258. The molecular formula is C12H12F3NO5. The Labute approximate surface area is 117 Å². The van der Waals surface area contributed by atoms with Crippen LogP contribution in [0.4, 0.5) is 13.2 Å². The Balaban J connectivity index is 3.17. The molecule has 0 aliphatic rings. The Morgan fingerprint density at radius 3 is 2.43 bits per heavy atom. The SMILES string of the molecule is COCCN(CC(=O)O)C(=O)c1cc(F)c(F)c(O)c1F. The predicted octanol–water partition coefficient (Wildman–Crippen LogP) is 0.983. The normalized spacial score (nSPS) is 10.5. The Morgan fingerprint density at radius 1 is 1.29 bits per heavy atom. The Bertz CT molecular complexity index is 564. The maximum Gasteiger partial charge on any atom is 0.323 e. The minimum absolute atomic E-state index is 0.0453. The summed E-state index contributed by atoms with van der Waals surface area (Å²) in [5.74, 6) is -9.34. The van der Waals surface area contributed by atoms with Crippen LogP contribution in [0.25, 0.3) is 0 Å². The van der Waals surface area contributed by atoms with E-state index in [1.165, 1.54) is 7.11 Å². The maximum absolute atomic E-state index is 13.6. The van der Waals surface area contributed by atoms with Crippen molar-refractivity contribution < 1.29 is 37.7 Å². The number of carbonyl (C=O) groups excluding carboxylic acids is 1. The number of benzene rings is 1. The van der Waals surface area contributed by atoms with Gasteiger partial charge in [0.2, 0.25) is 5.82 Å². The molecular weight excluding hydrogens is 295 g/mol. The van der Waals surface area contributed by atoms with E-state index in [2.05, 4.69) is 4.74 Å². The second-order valence-electron chi connectivity index (χ2n) is 4.00. The first-order valence-corrected chi connectivity index (χ1v) is 5.66. The van der Waals surface area contributed by atoms with E-state index in [1.54, 1.807) is 0 Å². The van der Waals surface area contributed by atoms with Crippen LogP contribution in [-0.4, -0.2) is 53.8 Å². The van der Waals surface area contributed by atoms with Crippen molar-refractivity contribution >= 4 is 11.9 Å². The van der Waals surface area contributed by atoms with Gasteiger partial charge in [-0.05, 0) is 6.07 Å². The fraction of sp³-hybridized carbons (Fsp3) is 0.333. The number of hydrogen-bond donors (Lipinski definition) is 2. The van der Waals surface area contributed by atoms with Gasteiger partial charge in [0.25, 0.3) is 5.91 Å². The smallest absolute Gasteiger partial charge is 0.323 e. The highest BCUT2D eigenvalue weighted by Crippen LogP contribution is 2.26. The highest BCUT2D eigenvalue weighted by Gasteiger charge is 2.26. The summed E-state index contributed by atoms with van der Waals surface area (Å²) in [6.07, 6.45) is 0. The zero-order chi connectivity index (χ0) is 16.2. The third-order valence-corrected chi connectivity index (χ3v) is 2.54. The lowest BCUT2D eigenvalue weighted by Crippen LogP contribution is -2.38. The van der Waals surface area contributed by atoms with E-state index in [4.69, 9.17) is 10.2 Å². The standard InChI is InChI=1S/C12H12F3NO5/c1-21-3-2-16(5-8(17)18)12(20)6-4-7(13)10(15)11(19)9(6)14/h4,19H,2-3,5H2,1H3,(H,17,18). The summed E-state index contributed by atoms with van der Waals surface area (Å²) >= 11 is 0. The topological polar surface area (TPSA) is 87.1 Å². The highest BCUT2D eigenvalue weighted by molar-refractivity contribution is 5.96. The molecule has 0 spiro atoms. The van der Waals surface area contributed by atoms with Crippen molar-refractivity contribution in [2.45, 2.75) is 0 Å². The Kier molecular flexibility index (Phi) is 5.53. The van der Waals surface area contributed by atoms with E-state index in [1.807, 2.05) is 0 Å². The maximum atomic E-state index is 13.6. The summed E-state index contributed by atoms with van der Waals surface area (Å²) in [5, 5.41) is 17.7. The Morgan fingerprint density at radius 2 is 1.90 bits per heavy atom. The van der Waals surface area contributed by atoms with Gasteiger partial charge >= 0.3 is 5.97 Å². The van der Waals surface area contributed by atoms with Gasteiger partial charge in [-0.1, -0.05) is 0 Å². The first-order valence-electron chi connectivity index (χ1n) is 5.66. The number of carboxylic acid groups (broad SMARTS) is 1. The second kappa shape index (κ2) is 6.93. The molecule has 0 saturated carbocycles. The van der Waals surface area contributed by atoms with Gasteiger partial charge in [-0.25, -0.2) is 8.78 Å². The van der Waals surface area contributed by atoms with Gasteiger partial charge in [0.15, 0.2) is 17.4 Å². The lowest BCUT2D eigenvalue weighted by molar-refractivity contribution is -0.137. The van der Waals surface area contributed by atoms with E-state index in [0.29, 0.717) is 4.90 Å². The molecule has 1 aromatic carbocycles. The van der Waals surface area contributed by atoms with Crippen molar-refractivity contribution in [3.63, 3.8) is 0 Å². The molecule has 0 bridgehead atoms. The number of ether oxygens (including phenoxy) is 1. The molecule has 0 saturated heterocycles. The lowest BCUT2D eigenvalue weighted by Gasteiger charge is -2.20. The van der Waals surface area contributed by atoms with Crippen LogP contribution >= 0.6 is 0 Å². The molecule has 0 atom stereocenters. The number of amides is 1. The number of nitrogens with zero attached hydrogens (tertiary/aromatic N) is 1. The number of hydrogen-bond acceptors (Lipinski definition) is 4. The highest BCUT2D eigenvalue weighted by atomic mass is 19.2. The van der Waals surface area contributed by atoms with Crippen molar-refractivity contribution in [1.82, 2.24) is 4.90 Å². The molecule has 0 aliphatic heterocycles. The van der Waals surface area contributed by atoms with Crippen molar-refractivity contribution in [1.29, 1.82) is 0 Å². The zero-order valence-electron chi connectivity index (χ0n) is 10.9. The molecule has 0 aliphatic carbocycles. The number of carboxylic acids is 1. The molecule has 1 amide bonds. The second-order valence-corrected chi connectivity index (χ2v) is 4.00. The third-order valence-electron chi connectivity index (χ3n) is 2.54. The summed E-state index contributed by atoms with van der Waals surface area (Å²) < 4.78 is 44.4. The molecule has 1 aromatic rings. The summed E-state index contributed by atoms with van der Waals surface area (Å²) in [4.78, 5) is 23.3. The number of aromatic hydroxyl groups is 1. The van der Waals surface area contributed by atoms with Crippen LogP contribution in [0.15, 0.2) is 6.07 Å². The summed E-state index contributed by atoms with van der Waals surface area (Å²) in [5.41, 5.74) is -0.969. The third kappa shape index (κ3) is 3.85. The molecule has 1 rings (SSSR count). The quantitative estimate of drug-likeness (QED) is 0.765. The van der Waals surface area contributed by atoms with Gasteiger partial charge in [-0.15, -0.1) is 0 Å². The van der Waals surface area contributed by atoms with Crippen molar-refractivity contribution in [2.75, 3.05) is 26.8 Å². The predicted molar refractivity (Wildman–Crippen MR) is 63.4 cm³/mol. The number of methoxy groups -OCH3 is 1. The van der Waals surface area contributed by atoms with Gasteiger partial charge < -0.3 is 19.8 Å². The minimum atomic E-state index is -1.83. The van der Waals surface area contributed by atoms with Crippen LogP contribution in [0.3, 0.4) is 0 Å². The van der Waals surface area contributed by atoms with Crippen molar-refractivity contribution in [3.05, 3.63) is 29.1 Å². The number of carbonyl (C=O) groups is 2. The molecule has 0 aromatic heterocycles. The van der Waals surface area contributed by atoms with E-state index in [9.17, 15) is 22.8 Å². The van der Waals surface area contributed by atoms with E-state index >= 15 is 0 Å². The fourth-order valence-corrected chi connectivity index (χ4v) is 1.53. The minimum Gasteiger partial charge on any atom is -0.503 e. The summed E-state index contributed by atoms with van der Waals surface area (Å²) in [6.45, 7) is -1.04. The molecule has 0 fully saturated rings. The molecule has 9 heteroatoms. The van der Waals surface area contributed by atoms with Crippen LogP contribution in [-0.2, 0) is 9.53 Å².